The van der Waals surface area contributed by atoms with Gasteiger partial charge in [0.2, 0.25) is 0 Å². The summed E-state index contributed by atoms with van der Waals surface area (Å²) in [5.74, 6) is 0.854. The van der Waals surface area contributed by atoms with Gasteiger partial charge in [0.25, 0.3) is 0 Å². The zero-order chi connectivity index (χ0) is 20.9. The molecule has 160 valence electrons. The molecule has 1 heterocycles. The van der Waals surface area contributed by atoms with Gasteiger partial charge in [0.1, 0.15) is 0 Å². The summed E-state index contributed by atoms with van der Waals surface area (Å²) in [5, 5.41) is 1.50. The van der Waals surface area contributed by atoms with Crippen LogP contribution in [-0.2, 0) is 5.75 Å². The van der Waals surface area contributed by atoms with Crippen molar-refractivity contribution in [1.82, 2.24) is 0 Å². The number of fused-ring (bicyclic) bond motifs is 1. The van der Waals surface area contributed by atoms with Crippen molar-refractivity contribution in [2.75, 3.05) is 25.0 Å². The summed E-state index contributed by atoms with van der Waals surface area (Å²) >= 11 is 14.3. The molecule has 0 saturated carbocycles. The predicted octanol–water partition coefficient (Wildman–Crippen LogP) is 7.66. The molecule has 0 fully saturated rings. The van der Waals surface area contributed by atoms with Gasteiger partial charge in [0, 0.05) is 51.1 Å². The van der Waals surface area contributed by atoms with Crippen LogP contribution >= 0.6 is 47.4 Å². The van der Waals surface area contributed by atoms with Gasteiger partial charge in [-0.05, 0) is 42.0 Å². The maximum Gasteiger partial charge on any atom is 0.0668 e. The van der Waals surface area contributed by atoms with E-state index >= 15 is 0 Å². The SMILES string of the molecule is CN1CCN=C(/C=C/c2c(Cl)cccc2SCc2ccc(Cl)cc2)c2ccccc21.Cl. The Kier molecular flexibility index (Phi) is 8.50. The van der Waals surface area contributed by atoms with Crippen LogP contribution < -0.4 is 4.90 Å². The van der Waals surface area contributed by atoms with Crippen molar-refractivity contribution in [3.05, 3.63) is 99.5 Å². The molecule has 4 rings (SSSR count). The standard InChI is InChI=1S/C25H22Cl2N2S.ClH/c1-29-16-15-28-23(21-5-2-3-7-24(21)29)14-13-20-22(27)6-4-8-25(20)30-17-18-9-11-19(26)12-10-18;/h2-14H,15-17H2,1H3;1H/b14-13+;. The molecule has 3 aromatic carbocycles. The molecule has 0 spiro atoms. The number of halogens is 3. The molecule has 0 radical (unpaired) electrons. The third-order valence-electron chi connectivity index (χ3n) is 5.04. The Balaban J connectivity index is 0.00000272. The minimum Gasteiger partial charge on any atom is -0.372 e. The summed E-state index contributed by atoms with van der Waals surface area (Å²) in [6, 6.07) is 22.4. The van der Waals surface area contributed by atoms with Gasteiger partial charge in [0.15, 0.2) is 0 Å². The van der Waals surface area contributed by atoms with E-state index in [0.29, 0.717) is 0 Å². The second kappa shape index (κ2) is 11.1. The number of thioether (sulfide) groups is 1. The van der Waals surface area contributed by atoms with Crippen LogP contribution in [0.3, 0.4) is 0 Å². The second-order valence-electron chi connectivity index (χ2n) is 7.11. The Morgan fingerprint density at radius 3 is 2.55 bits per heavy atom. The Bertz CT molecular complexity index is 1090. The highest BCUT2D eigenvalue weighted by molar-refractivity contribution is 7.98. The molecule has 0 saturated heterocycles. The van der Waals surface area contributed by atoms with Crippen LogP contribution in [0.5, 0.6) is 0 Å². The van der Waals surface area contributed by atoms with E-state index in [1.54, 1.807) is 11.8 Å². The fourth-order valence-electron chi connectivity index (χ4n) is 3.40. The summed E-state index contributed by atoms with van der Waals surface area (Å²) in [5.41, 5.74) is 5.59. The smallest absolute Gasteiger partial charge is 0.0668 e. The van der Waals surface area contributed by atoms with Crippen molar-refractivity contribution in [2.24, 2.45) is 4.99 Å². The predicted molar refractivity (Wildman–Crippen MR) is 140 cm³/mol. The molecular weight excluding hydrogens is 467 g/mol. The van der Waals surface area contributed by atoms with Gasteiger partial charge in [-0.25, -0.2) is 0 Å². The minimum absolute atomic E-state index is 0. The van der Waals surface area contributed by atoms with Crippen molar-refractivity contribution in [3.8, 4) is 0 Å². The molecule has 0 bridgehead atoms. The average molecular weight is 490 g/mol. The molecule has 0 atom stereocenters. The van der Waals surface area contributed by atoms with Gasteiger partial charge < -0.3 is 4.90 Å². The first-order valence-corrected chi connectivity index (χ1v) is 11.5. The van der Waals surface area contributed by atoms with E-state index in [-0.39, 0.29) is 12.4 Å². The zero-order valence-corrected chi connectivity index (χ0v) is 20.2. The van der Waals surface area contributed by atoms with Crippen molar-refractivity contribution >= 4 is 64.8 Å². The van der Waals surface area contributed by atoms with Crippen LogP contribution in [0.1, 0.15) is 16.7 Å². The fourth-order valence-corrected chi connectivity index (χ4v) is 4.84. The number of allylic oxidation sites excluding steroid dienone is 1. The van der Waals surface area contributed by atoms with Crippen LogP contribution in [0, 0.1) is 0 Å². The van der Waals surface area contributed by atoms with E-state index in [9.17, 15) is 0 Å². The van der Waals surface area contributed by atoms with Crippen LogP contribution in [-0.4, -0.2) is 25.8 Å². The van der Waals surface area contributed by atoms with E-state index in [1.807, 2.05) is 24.3 Å². The van der Waals surface area contributed by atoms with Gasteiger partial charge in [-0.2, -0.15) is 0 Å². The van der Waals surface area contributed by atoms with E-state index in [0.717, 1.165) is 50.6 Å². The van der Waals surface area contributed by atoms with Crippen molar-refractivity contribution in [2.45, 2.75) is 10.6 Å². The molecule has 0 aromatic heterocycles. The van der Waals surface area contributed by atoms with Gasteiger partial charge in [0.05, 0.1) is 12.3 Å². The number of para-hydroxylation sites is 1. The number of benzodiazepines with no additional fused rings is 1. The first-order chi connectivity index (χ1) is 14.6. The van der Waals surface area contributed by atoms with Crippen molar-refractivity contribution in [1.29, 1.82) is 0 Å². The van der Waals surface area contributed by atoms with Crippen LogP contribution in [0.25, 0.3) is 6.08 Å². The Morgan fingerprint density at radius 2 is 1.74 bits per heavy atom. The lowest BCUT2D eigenvalue weighted by atomic mass is 10.1. The van der Waals surface area contributed by atoms with E-state index in [1.165, 1.54) is 11.3 Å². The highest BCUT2D eigenvalue weighted by atomic mass is 35.5. The number of aliphatic imine (C=N–C) groups is 1. The van der Waals surface area contributed by atoms with E-state index in [2.05, 4.69) is 66.6 Å². The van der Waals surface area contributed by atoms with Crippen molar-refractivity contribution < 1.29 is 0 Å². The molecule has 1 aliphatic rings. The maximum absolute atomic E-state index is 6.58. The topological polar surface area (TPSA) is 15.6 Å². The summed E-state index contributed by atoms with van der Waals surface area (Å²) in [7, 11) is 2.11. The van der Waals surface area contributed by atoms with Crippen LogP contribution in [0.4, 0.5) is 5.69 Å². The third kappa shape index (κ3) is 5.87. The first kappa shape index (κ1) is 23.7. The van der Waals surface area contributed by atoms with Crippen molar-refractivity contribution in [3.63, 3.8) is 0 Å². The molecule has 2 nitrogen and oxygen atoms in total. The molecule has 0 unspecified atom stereocenters. The summed E-state index contributed by atoms with van der Waals surface area (Å²) in [6.07, 6.45) is 4.18. The zero-order valence-electron chi connectivity index (χ0n) is 17.1. The molecule has 0 N–H and O–H groups in total. The Labute approximate surface area is 204 Å². The van der Waals surface area contributed by atoms with Gasteiger partial charge in [-0.3, -0.25) is 4.99 Å². The molecule has 0 amide bonds. The molecule has 0 aliphatic carbocycles. The maximum atomic E-state index is 6.58. The second-order valence-corrected chi connectivity index (χ2v) is 8.97. The number of likely N-dealkylation sites (N-methyl/N-ethyl adjacent to an activating group) is 1. The first-order valence-electron chi connectivity index (χ1n) is 9.80. The van der Waals surface area contributed by atoms with Crippen LogP contribution in [0.2, 0.25) is 10.0 Å². The average Bonchev–Trinajstić information content (AvgIpc) is 2.92. The number of nitrogens with zero attached hydrogens (tertiary/aromatic N) is 2. The number of hydrogen-bond donors (Lipinski definition) is 0. The summed E-state index contributed by atoms with van der Waals surface area (Å²) in [4.78, 5) is 8.22. The lowest BCUT2D eigenvalue weighted by molar-refractivity contribution is 0.897. The number of anilines is 1. The molecule has 1 aliphatic heterocycles. The van der Waals surface area contributed by atoms with Gasteiger partial charge in [-0.1, -0.05) is 65.7 Å². The number of rotatable bonds is 5. The molecule has 3 aromatic rings. The van der Waals surface area contributed by atoms with E-state index < -0.39 is 0 Å². The lowest BCUT2D eigenvalue weighted by Gasteiger charge is -2.18. The highest BCUT2D eigenvalue weighted by Gasteiger charge is 2.14. The Morgan fingerprint density at radius 1 is 0.968 bits per heavy atom. The van der Waals surface area contributed by atoms with Crippen LogP contribution in [0.15, 0.2) is 82.7 Å². The lowest BCUT2D eigenvalue weighted by Crippen LogP contribution is -2.20. The van der Waals surface area contributed by atoms with E-state index in [4.69, 9.17) is 28.2 Å². The molecule has 6 heteroatoms. The fraction of sp³-hybridized carbons (Fsp3) is 0.160. The molecule has 31 heavy (non-hydrogen) atoms. The monoisotopic (exact) mass is 488 g/mol. The largest absolute Gasteiger partial charge is 0.372 e. The summed E-state index contributed by atoms with van der Waals surface area (Å²) < 4.78 is 0. The Hall–Kier alpha value is -1.91. The number of hydrogen-bond acceptors (Lipinski definition) is 3. The molecular formula is C25H23Cl3N2S. The quantitative estimate of drug-likeness (QED) is 0.342. The number of benzene rings is 3. The van der Waals surface area contributed by atoms with Gasteiger partial charge >= 0.3 is 0 Å². The normalized spacial score (nSPS) is 13.4. The third-order valence-corrected chi connectivity index (χ3v) is 6.76. The minimum atomic E-state index is 0. The summed E-state index contributed by atoms with van der Waals surface area (Å²) in [6.45, 7) is 1.67. The van der Waals surface area contributed by atoms with Gasteiger partial charge in [-0.15, -0.1) is 24.2 Å². The highest BCUT2D eigenvalue weighted by Crippen LogP contribution is 2.32.